The quantitative estimate of drug-likeness (QED) is 0.721. The van der Waals surface area contributed by atoms with Gasteiger partial charge in [0, 0.05) is 51.1 Å². The van der Waals surface area contributed by atoms with Crippen LogP contribution >= 0.6 is 0 Å². The maximum atomic E-state index is 12.4. The monoisotopic (exact) mass is 350 g/mol. The molecule has 0 radical (unpaired) electrons. The average molecular weight is 350 g/mol. The first-order valence-corrected chi connectivity index (χ1v) is 9.35. The van der Waals surface area contributed by atoms with Crippen LogP contribution < -0.4 is 0 Å². The first kappa shape index (κ1) is 18.3. The molecule has 0 aromatic heterocycles. The number of hydrogen-bond donors (Lipinski definition) is 0. The fourth-order valence-corrected chi connectivity index (χ4v) is 3.30. The van der Waals surface area contributed by atoms with Gasteiger partial charge >= 0.3 is 0 Å². The van der Waals surface area contributed by atoms with E-state index in [1.165, 1.54) is 5.56 Å². The van der Waals surface area contributed by atoms with Crippen LogP contribution in [-0.2, 0) is 11.2 Å². The minimum atomic E-state index is 0.187. The van der Waals surface area contributed by atoms with Crippen molar-refractivity contribution in [3.8, 4) is 0 Å². The van der Waals surface area contributed by atoms with E-state index in [0.29, 0.717) is 12.8 Å². The number of aryl methyl sites for hydroxylation is 1. The van der Waals surface area contributed by atoms with Crippen LogP contribution in [-0.4, -0.2) is 54.2 Å². The number of piperazine rings is 1. The Morgan fingerprint density at radius 3 is 2.04 bits per heavy atom. The number of Topliss-reactive ketones (excluding diaryl/α,β-unsaturated/α-hetero) is 1. The molecule has 3 rings (SSSR count). The lowest BCUT2D eigenvalue weighted by Gasteiger charge is -2.34. The van der Waals surface area contributed by atoms with Crippen molar-refractivity contribution in [2.24, 2.45) is 0 Å². The molecule has 4 heteroatoms. The molecule has 1 amide bonds. The molecule has 0 spiro atoms. The number of carbonyl (C=O) groups excluding carboxylic acids is 2. The molecule has 136 valence electrons. The largest absolute Gasteiger partial charge is 0.340 e. The molecule has 1 aliphatic heterocycles. The Labute approximate surface area is 155 Å². The normalized spacial score (nSPS) is 15.0. The first-order chi connectivity index (χ1) is 12.7. The zero-order chi connectivity index (χ0) is 18.2. The van der Waals surface area contributed by atoms with Crippen LogP contribution in [0.25, 0.3) is 0 Å². The predicted molar refractivity (Wildman–Crippen MR) is 103 cm³/mol. The zero-order valence-corrected chi connectivity index (χ0v) is 15.1. The standard InChI is InChI=1S/C22H26N2O2/c25-21(20-9-5-2-6-10-20)13-14-23-15-17-24(18-16-23)22(26)12-11-19-7-3-1-4-8-19/h1-10H,11-18H2. The van der Waals surface area contributed by atoms with E-state index in [1.54, 1.807) is 0 Å². The van der Waals surface area contributed by atoms with Crippen molar-refractivity contribution in [3.63, 3.8) is 0 Å². The van der Waals surface area contributed by atoms with Gasteiger partial charge in [0.1, 0.15) is 0 Å². The summed E-state index contributed by atoms with van der Waals surface area (Å²) in [4.78, 5) is 28.8. The number of benzene rings is 2. The number of ketones is 1. The summed E-state index contributed by atoms with van der Waals surface area (Å²) in [6, 6.07) is 19.6. The van der Waals surface area contributed by atoms with Gasteiger partial charge in [-0.1, -0.05) is 60.7 Å². The lowest BCUT2D eigenvalue weighted by molar-refractivity contribution is -0.132. The molecule has 0 N–H and O–H groups in total. The molecule has 1 saturated heterocycles. The Morgan fingerprint density at radius 2 is 1.38 bits per heavy atom. The minimum absolute atomic E-state index is 0.187. The van der Waals surface area contributed by atoms with Gasteiger partial charge in [-0.25, -0.2) is 0 Å². The number of rotatable bonds is 7. The van der Waals surface area contributed by atoms with Gasteiger partial charge in [-0.3, -0.25) is 14.5 Å². The van der Waals surface area contributed by atoms with Crippen molar-refractivity contribution in [2.75, 3.05) is 32.7 Å². The molecule has 2 aromatic carbocycles. The average Bonchev–Trinajstić information content (AvgIpc) is 2.72. The van der Waals surface area contributed by atoms with Crippen molar-refractivity contribution in [1.82, 2.24) is 9.80 Å². The van der Waals surface area contributed by atoms with Crippen LogP contribution in [0.5, 0.6) is 0 Å². The van der Waals surface area contributed by atoms with Crippen molar-refractivity contribution in [1.29, 1.82) is 0 Å². The number of amides is 1. The van der Waals surface area contributed by atoms with Gasteiger partial charge in [-0.15, -0.1) is 0 Å². The highest BCUT2D eigenvalue weighted by atomic mass is 16.2. The summed E-state index contributed by atoms with van der Waals surface area (Å²) in [5.41, 5.74) is 1.99. The third kappa shape index (κ3) is 5.27. The first-order valence-electron chi connectivity index (χ1n) is 9.35. The highest BCUT2D eigenvalue weighted by Crippen LogP contribution is 2.09. The lowest BCUT2D eigenvalue weighted by atomic mass is 10.1. The van der Waals surface area contributed by atoms with E-state index in [-0.39, 0.29) is 11.7 Å². The van der Waals surface area contributed by atoms with E-state index >= 15 is 0 Å². The lowest BCUT2D eigenvalue weighted by Crippen LogP contribution is -2.49. The molecular formula is C22H26N2O2. The van der Waals surface area contributed by atoms with Gasteiger partial charge in [0.2, 0.25) is 5.91 Å². The van der Waals surface area contributed by atoms with Crippen LogP contribution in [0, 0.1) is 0 Å². The van der Waals surface area contributed by atoms with Crippen molar-refractivity contribution in [2.45, 2.75) is 19.3 Å². The Hall–Kier alpha value is -2.46. The molecule has 4 nitrogen and oxygen atoms in total. The summed E-state index contributed by atoms with van der Waals surface area (Å²) in [5, 5.41) is 0. The van der Waals surface area contributed by atoms with E-state index in [2.05, 4.69) is 17.0 Å². The Balaban J connectivity index is 1.37. The Morgan fingerprint density at radius 1 is 0.769 bits per heavy atom. The predicted octanol–water partition coefficient (Wildman–Crippen LogP) is 3.04. The Kier molecular flexibility index (Phi) is 6.56. The van der Waals surface area contributed by atoms with E-state index in [1.807, 2.05) is 53.4 Å². The fraction of sp³-hybridized carbons (Fsp3) is 0.364. The fourth-order valence-electron chi connectivity index (χ4n) is 3.30. The van der Waals surface area contributed by atoms with Gasteiger partial charge < -0.3 is 4.90 Å². The molecule has 1 heterocycles. The molecule has 2 aromatic rings. The van der Waals surface area contributed by atoms with Crippen molar-refractivity contribution in [3.05, 3.63) is 71.8 Å². The third-order valence-corrected chi connectivity index (χ3v) is 4.95. The van der Waals surface area contributed by atoms with E-state index < -0.39 is 0 Å². The van der Waals surface area contributed by atoms with E-state index in [0.717, 1.165) is 44.7 Å². The smallest absolute Gasteiger partial charge is 0.222 e. The number of carbonyl (C=O) groups is 2. The zero-order valence-electron chi connectivity index (χ0n) is 15.1. The second-order valence-corrected chi connectivity index (χ2v) is 6.75. The summed E-state index contributed by atoms with van der Waals surface area (Å²) in [7, 11) is 0. The summed E-state index contributed by atoms with van der Waals surface area (Å²) in [6.45, 7) is 3.97. The summed E-state index contributed by atoms with van der Waals surface area (Å²) >= 11 is 0. The topological polar surface area (TPSA) is 40.6 Å². The third-order valence-electron chi connectivity index (χ3n) is 4.95. The van der Waals surface area contributed by atoms with E-state index in [9.17, 15) is 9.59 Å². The summed E-state index contributed by atoms with van der Waals surface area (Å²) in [5.74, 6) is 0.417. The molecule has 0 aliphatic carbocycles. The SMILES string of the molecule is O=C(CCN1CCN(C(=O)CCc2ccccc2)CC1)c1ccccc1. The van der Waals surface area contributed by atoms with Gasteiger partial charge in [-0.05, 0) is 12.0 Å². The van der Waals surface area contributed by atoms with Crippen LogP contribution in [0.2, 0.25) is 0 Å². The van der Waals surface area contributed by atoms with Gasteiger partial charge in [0.15, 0.2) is 5.78 Å². The molecule has 0 bridgehead atoms. The minimum Gasteiger partial charge on any atom is -0.340 e. The summed E-state index contributed by atoms with van der Waals surface area (Å²) < 4.78 is 0. The van der Waals surface area contributed by atoms with Crippen molar-refractivity contribution >= 4 is 11.7 Å². The molecule has 0 saturated carbocycles. The molecule has 26 heavy (non-hydrogen) atoms. The molecule has 1 aliphatic rings. The Bertz CT molecular complexity index is 707. The van der Waals surface area contributed by atoms with Crippen LogP contribution in [0.1, 0.15) is 28.8 Å². The molecule has 1 fully saturated rings. The second-order valence-electron chi connectivity index (χ2n) is 6.75. The van der Waals surface area contributed by atoms with Crippen LogP contribution in [0.3, 0.4) is 0 Å². The number of nitrogens with zero attached hydrogens (tertiary/aromatic N) is 2. The van der Waals surface area contributed by atoms with Crippen molar-refractivity contribution < 1.29 is 9.59 Å². The maximum absolute atomic E-state index is 12.4. The molecule has 0 unspecified atom stereocenters. The summed E-state index contributed by atoms with van der Waals surface area (Å²) in [6.07, 6.45) is 1.90. The van der Waals surface area contributed by atoms with Gasteiger partial charge in [0.25, 0.3) is 0 Å². The number of hydrogen-bond acceptors (Lipinski definition) is 3. The van der Waals surface area contributed by atoms with E-state index in [4.69, 9.17) is 0 Å². The van der Waals surface area contributed by atoms with Crippen LogP contribution in [0.15, 0.2) is 60.7 Å². The highest BCUT2D eigenvalue weighted by molar-refractivity contribution is 5.96. The second kappa shape index (κ2) is 9.30. The van der Waals surface area contributed by atoms with Gasteiger partial charge in [-0.2, -0.15) is 0 Å². The molecular weight excluding hydrogens is 324 g/mol. The van der Waals surface area contributed by atoms with Crippen LogP contribution in [0.4, 0.5) is 0 Å². The van der Waals surface area contributed by atoms with Gasteiger partial charge in [0.05, 0.1) is 0 Å². The molecule has 0 atom stereocenters. The highest BCUT2D eigenvalue weighted by Gasteiger charge is 2.21. The maximum Gasteiger partial charge on any atom is 0.222 e.